The van der Waals surface area contributed by atoms with E-state index in [2.05, 4.69) is 160 Å². The lowest BCUT2D eigenvalue weighted by Gasteiger charge is -2.13. The lowest BCUT2D eigenvalue weighted by molar-refractivity contribution is 0.570. The normalized spacial score (nSPS) is 13.3. The third-order valence-electron chi connectivity index (χ3n) is 6.55. The quantitative estimate of drug-likeness (QED) is 0.163. The van der Waals surface area contributed by atoms with Crippen molar-refractivity contribution in [3.63, 3.8) is 0 Å². The zero-order chi connectivity index (χ0) is 30.6. The lowest BCUT2D eigenvalue weighted by atomic mass is 9.98. The summed E-state index contributed by atoms with van der Waals surface area (Å²) in [6.07, 6.45) is 12.0. The minimum absolute atomic E-state index is 0.0638. The van der Waals surface area contributed by atoms with Crippen LogP contribution in [-0.2, 0) is 0 Å². The molecule has 2 aromatic carbocycles. The Bertz CT molecular complexity index is 1470. The molecule has 4 heteroatoms. The number of aromatic nitrogens is 2. The fourth-order valence-corrected chi connectivity index (χ4v) is 4.40. The monoisotopic (exact) mass is 560 g/mol. The van der Waals surface area contributed by atoms with Gasteiger partial charge in [0.25, 0.3) is 0 Å². The molecule has 4 aromatic rings. The highest BCUT2D eigenvalue weighted by Crippen LogP contribution is 2.23. The summed E-state index contributed by atoms with van der Waals surface area (Å²) in [6, 6.07) is 17.6. The van der Waals surface area contributed by atoms with Gasteiger partial charge >= 0.3 is 0 Å². The molecule has 42 heavy (non-hydrogen) atoms. The van der Waals surface area contributed by atoms with E-state index in [4.69, 9.17) is 0 Å². The summed E-state index contributed by atoms with van der Waals surface area (Å²) in [7, 11) is 0. The van der Waals surface area contributed by atoms with Gasteiger partial charge < -0.3 is 20.6 Å². The summed E-state index contributed by atoms with van der Waals surface area (Å²) < 4.78 is 0. The SMILES string of the molecule is C[C@@H](NC/C=C/C#CC(C)(C)C)c1cccc2cc[nH]c12.C[C@@H](NC/C=C\C#CC(C)(C)C)c1cccc2cc[nH]c12. The topological polar surface area (TPSA) is 55.6 Å². The van der Waals surface area contributed by atoms with E-state index in [1.807, 2.05) is 24.5 Å². The van der Waals surface area contributed by atoms with Crippen molar-refractivity contribution >= 4 is 21.8 Å². The van der Waals surface area contributed by atoms with Gasteiger partial charge in [-0.3, -0.25) is 0 Å². The van der Waals surface area contributed by atoms with Crippen molar-refractivity contribution in [3.8, 4) is 23.7 Å². The highest BCUT2D eigenvalue weighted by molar-refractivity contribution is 5.83. The fraction of sp³-hybridized carbons (Fsp3) is 0.368. The molecule has 4 rings (SSSR count). The molecule has 0 saturated carbocycles. The molecule has 220 valence electrons. The molecule has 2 heterocycles. The van der Waals surface area contributed by atoms with Crippen LogP contribution in [0.5, 0.6) is 0 Å². The highest BCUT2D eigenvalue weighted by atomic mass is 14.9. The van der Waals surface area contributed by atoms with E-state index in [0.29, 0.717) is 12.1 Å². The van der Waals surface area contributed by atoms with Crippen LogP contribution in [0.15, 0.2) is 85.2 Å². The van der Waals surface area contributed by atoms with Crippen molar-refractivity contribution < 1.29 is 0 Å². The molecule has 0 radical (unpaired) electrons. The number of benzene rings is 2. The molecule has 0 fully saturated rings. The molecular weight excluding hydrogens is 512 g/mol. The Labute approximate surface area is 253 Å². The molecule has 2 aromatic heterocycles. The Hall–Kier alpha value is -3.96. The number of allylic oxidation sites excluding steroid dienone is 2. The van der Waals surface area contributed by atoms with Gasteiger partial charge in [0.1, 0.15) is 0 Å². The predicted molar refractivity (Wildman–Crippen MR) is 182 cm³/mol. The summed E-state index contributed by atoms with van der Waals surface area (Å²) >= 11 is 0. The van der Waals surface area contributed by atoms with Crippen molar-refractivity contribution in [1.29, 1.82) is 0 Å². The van der Waals surface area contributed by atoms with Crippen molar-refractivity contribution in [2.75, 3.05) is 13.1 Å². The van der Waals surface area contributed by atoms with Gasteiger partial charge in [-0.25, -0.2) is 0 Å². The molecule has 0 aliphatic rings. The number of H-pyrrole nitrogens is 2. The average Bonchev–Trinajstić information content (AvgIpc) is 3.61. The first-order valence-corrected chi connectivity index (χ1v) is 14.9. The second kappa shape index (κ2) is 15.3. The molecule has 4 N–H and O–H groups in total. The number of para-hydroxylation sites is 2. The molecule has 0 bridgehead atoms. The summed E-state index contributed by atoms with van der Waals surface area (Å²) in [6.45, 7) is 18.7. The fourth-order valence-electron chi connectivity index (χ4n) is 4.40. The summed E-state index contributed by atoms with van der Waals surface area (Å²) in [5.41, 5.74) is 5.16. The van der Waals surface area contributed by atoms with E-state index in [1.165, 1.54) is 32.9 Å². The van der Waals surface area contributed by atoms with E-state index in [-0.39, 0.29) is 10.8 Å². The van der Waals surface area contributed by atoms with Crippen LogP contribution in [0, 0.1) is 34.5 Å². The van der Waals surface area contributed by atoms with E-state index < -0.39 is 0 Å². The van der Waals surface area contributed by atoms with Crippen molar-refractivity contribution in [1.82, 2.24) is 20.6 Å². The number of nitrogens with one attached hydrogen (secondary N) is 4. The summed E-state index contributed by atoms with van der Waals surface area (Å²) in [5.74, 6) is 12.6. The summed E-state index contributed by atoms with van der Waals surface area (Å²) in [5, 5.41) is 9.52. The second-order valence-electron chi connectivity index (χ2n) is 12.7. The molecule has 0 spiro atoms. The van der Waals surface area contributed by atoms with Gasteiger partial charge in [-0.1, -0.05) is 72.2 Å². The van der Waals surface area contributed by atoms with Gasteiger partial charge in [0, 0.05) is 48.4 Å². The van der Waals surface area contributed by atoms with Crippen LogP contribution in [-0.4, -0.2) is 23.1 Å². The molecule has 0 saturated heterocycles. The maximum atomic E-state index is 3.50. The van der Waals surface area contributed by atoms with Crippen molar-refractivity contribution in [2.24, 2.45) is 10.8 Å². The van der Waals surface area contributed by atoms with E-state index in [9.17, 15) is 0 Å². The standard InChI is InChI=1S/2C19H24N2/c2*1-15(20-13-7-5-6-12-19(2,3)4)17-10-8-9-16-11-14-21-18(16)17/h2*5,7-11,14-15,20-21H,13H2,1-4H3/b7-5+;7-5-/t2*15-/m11/s1. The summed E-state index contributed by atoms with van der Waals surface area (Å²) in [4.78, 5) is 6.63. The van der Waals surface area contributed by atoms with Crippen LogP contribution >= 0.6 is 0 Å². The number of fused-ring (bicyclic) bond motifs is 2. The van der Waals surface area contributed by atoms with Crippen molar-refractivity contribution in [2.45, 2.75) is 67.5 Å². The number of hydrogen-bond donors (Lipinski definition) is 4. The van der Waals surface area contributed by atoms with Crippen LogP contribution in [0.25, 0.3) is 21.8 Å². The van der Waals surface area contributed by atoms with Gasteiger partial charge in [0.05, 0.1) is 11.0 Å². The Kier molecular flexibility index (Phi) is 11.9. The van der Waals surface area contributed by atoms with Crippen LogP contribution in [0.3, 0.4) is 0 Å². The number of hydrogen-bond acceptors (Lipinski definition) is 2. The van der Waals surface area contributed by atoms with Crippen LogP contribution in [0.1, 0.15) is 78.6 Å². The molecule has 0 aliphatic heterocycles. The Morgan fingerprint density at radius 3 is 1.43 bits per heavy atom. The molecule has 0 aliphatic carbocycles. The zero-order valence-corrected chi connectivity index (χ0v) is 26.7. The van der Waals surface area contributed by atoms with Crippen LogP contribution in [0.2, 0.25) is 0 Å². The second-order valence-corrected chi connectivity index (χ2v) is 12.7. The van der Waals surface area contributed by atoms with Crippen LogP contribution in [0.4, 0.5) is 0 Å². The number of rotatable bonds is 8. The maximum Gasteiger partial charge on any atom is 0.0502 e. The van der Waals surface area contributed by atoms with E-state index in [0.717, 1.165) is 13.1 Å². The van der Waals surface area contributed by atoms with Crippen molar-refractivity contribution in [3.05, 3.63) is 96.4 Å². The van der Waals surface area contributed by atoms with Gasteiger partial charge in [-0.2, -0.15) is 0 Å². The van der Waals surface area contributed by atoms with Gasteiger partial charge in [0.15, 0.2) is 0 Å². The maximum absolute atomic E-state index is 3.50. The van der Waals surface area contributed by atoms with Gasteiger partial charge in [-0.05, 0) is 102 Å². The third kappa shape index (κ3) is 10.8. The Morgan fingerprint density at radius 2 is 1.05 bits per heavy atom. The van der Waals surface area contributed by atoms with E-state index in [1.54, 1.807) is 0 Å². The minimum Gasteiger partial charge on any atom is -0.361 e. The first kappa shape index (κ1) is 32.6. The highest BCUT2D eigenvalue weighted by Gasteiger charge is 2.09. The molecule has 2 atom stereocenters. The first-order valence-electron chi connectivity index (χ1n) is 14.9. The minimum atomic E-state index is 0.0638. The largest absolute Gasteiger partial charge is 0.361 e. The molecular formula is C38H48N4. The lowest BCUT2D eigenvalue weighted by Crippen LogP contribution is -2.18. The Balaban J connectivity index is 0.000000230. The molecule has 4 nitrogen and oxygen atoms in total. The first-order chi connectivity index (χ1) is 19.9. The average molecular weight is 561 g/mol. The number of aromatic amines is 2. The Morgan fingerprint density at radius 1 is 0.643 bits per heavy atom. The van der Waals surface area contributed by atoms with E-state index >= 15 is 0 Å². The van der Waals surface area contributed by atoms with Gasteiger partial charge in [0.2, 0.25) is 0 Å². The molecule has 0 unspecified atom stereocenters. The smallest absolute Gasteiger partial charge is 0.0502 e. The third-order valence-corrected chi connectivity index (χ3v) is 6.55. The zero-order valence-electron chi connectivity index (χ0n) is 26.7. The van der Waals surface area contributed by atoms with Gasteiger partial charge in [-0.15, -0.1) is 0 Å². The molecule has 0 amide bonds. The van der Waals surface area contributed by atoms with Crippen LogP contribution < -0.4 is 10.6 Å². The predicted octanol–water partition coefficient (Wildman–Crippen LogP) is 8.85.